The smallest absolute Gasteiger partial charge is 0.254 e. The first-order valence-electron chi connectivity index (χ1n) is 9.31. The Morgan fingerprint density at radius 1 is 1.15 bits per heavy atom. The molecule has 0 N–H and O–H groups in total. The van der Waals surface area contributed by atoms with E-state index in [0.717, 1.165) is 35.8 Å². The summed E-state index contributed by atoms with van der Waals surface area (Å²) >= 11 is 0. The molecule has 1 aliphatic rings. The molecule has 1 fully saturated rings. The van der Waals surface area contributed by atoms with Crippen LogP contribution in [0.3, 0.4) is 0 Å². The van der Waals surface area contributed by atoms with Crippen LogP contribution in [0.1, 0.15) is 65.8 Å². The monoisotopic (exact) mass is 352 g/mol. The molecule has 1 aliphatic carbocycles. The largest absolute Gasteiger partial charge is 0.464 e. The lowest BCUT2D eigenvalue weighted by atomic mass is 9.89. The summed E-state index contributed by atoms with van der Waals surface area (Å²) in [6.07, 6.45) is 6.07. The van der Waals surface area contributed by atoms with E-state index in [1.807, 2.05) is 31.2 Å². The van der Waals surface area contributed by atoms with Crippen LogP contribution in [-0.2, 0) is 6.54 Å². The van der Waals surface area contributed by atoms with E-state index in [4.69, 9.17) is 8.83 Å². The number of benzene rings is 1. The van der Waals surface area contributed by atoms with Crippen molar-refractivity contribution in [1.82, 2.24) is 9.88 Å². The summed E-state index contributed by atoms with van der Waals surface area (Å²) in [6, 6.07) is 9.31. The van der Waals surface area contributed by atoms with Crippen LogP contribution in [0.15, 0.2) is 39.2 Å². The van der Waals surface area contributed by atoms with Gasteiger partial charge in [-0.3, -0.25) is 4.79 Å². The van der Waals surface area contributed by atoms with Crippen molar-refractivity contribution in [1.29, 1.82) is 0 Å². The molecule has 1 aromatic carbocycles. The Morgan fingerprint density at radius 3 is 2.69 bits per heavy atom. The Hall–Kier alpha value is -2.56. The first-order valence-corrected chi connectivity index (χ1v) is 9.31. The summed E-state index contributed by atoms with van der Waals surface area (Å²) in [5, 5.41) is 0. The number of aromatic nitrogens is 1. The van der Waals surface area contributed by atoms with Crippen LogP contribution in [0.2, 0.25) is 0 Å². The summed E-state index contributed by atoms with van der Waals surface area (Å²) in [7, 11) is 1.78. The molecule has 5 nitrogen and oxygen atoms in total. The second-order valence-electron chi connectivity index (χ2n) is 7.24. The highest BCUT2D eigenvalue weighted by atomic mass is 16.3. The van der Waals surface area contributed by atoms with Gasteiger partial charge in [-0.05, 0) is 50.1 Å². The van der Waals surface area contributed by atoms with Gasteiger partial charge in [0.15, 0.2) is 11.5 Å². The maximum atomic E-state index is 12.7. The molecule has 4 rings (SSSR count). The Morgan fingerprint density at radius 2 is 1.96 bits per heavy atom. The van der Waals surface area contributed by atoms with Gasteiger partial charge in [0.2, 0.25) is 0 Å². The molecule has 26 heavy (non-hydrogen) atoms. The summed E-state index contributed by atoms with van der Waals surface area (Å²) in [5.74, 6) is 2.80. The van der Waals surface area contributed by atoms with Crippen LogP contribution in [0.4, 0.5) is 0 Å². The van der Waals surface area contributed by atoms with Gasteiger partial charge in [-0.1, -0.05) is 19.3 Å². The standard InChI is InChI=1S/C21H24N2O3/c1-14-8-10-17(25-14)13-23(2)21(24)16-9-11-18-19(12-16)26-20(22-18)15-6-4-3-5-7-15/h8-12,15H,3-7,13H2,1-2H3. The van der Waals surface area contributed by atoms with Crippen molar-refractivity contribution in [2.75, 3.05) is 7.05 Å². The lowest BCUT2D eigenvalue weighted by Gasteiger charge is -2.17. The van der Waals surface area contributed by atoms with Gasteiger partial charge in [0.1, 0.15) is 17.0 Å². The number of nitrogens with zero attached hydrogens (tertiary/aromatic N) is 2. The Balaban J connectivity index is 1.53. The second-order valence-corrected chi connectivity index (χ2v) is 7.24. The average molecular weight is 352 g/mol. The van der Waals surface area contributed by atoms with E-state index in [9.17, 15) is 4.79 Å². The van der Waals surface area contributed by atoms with Crippen LogP contribution in [-0.4, -0.2) is 22.8 Å². The van der Waals surface area contributed by atoms with Gasteiger partial charge in [0.05, 0.1) is 6.54 Å². The molecule has 0 bridgehead atoms. The van der Waals surface area contributed by atoms with Gasteiger partial charge in [0, 0.05) is 18.5 Å². The zero-order valence-corrected chi connectivity index (χ0v) is 15.3. The Kier molecular flexibility index (Phi) is 4.53. The predicted octanol–water partition coefficient (Wildman–Crippen LogP) is 5.05. The van der Waals surface area contributed by atoms with Gasteiger partial charge >= 0.3 is 0 Å². The predicted molar refractivity (Wildman–Crippen MR) is 99.1 cm³/mol. The van der Waals surface area contributed by atoms with Crippen molar-refractivity contribution in [2.45, 2.75) is 51.5 Å². The minimum atomic E-state index is -0.0587. The molecule has 0 spiro atoms. The molecule has 5 heteroatoms. The fourth-order valence-electron chi connectivity index (χ4n) is 3.70. The molecule has 136 valence electrons. The SMILES string of the molecule is Cc1ccc(CN(C)C(=O)c2ccc3nc(C4CCCCC4)oc3c2)o1. The first kappa shape index (κ1) is 16.9. The molecular weight excluding hydrogens is 328 g/mol. The van der Waals surface area contributed by atoms with E-state index in [0.29, 0.717) is 23.6 Å². The highest BCUT2D eigenvalue weighted by molar-refractivity contribution is 5.96. The van der Waals surface area contributed by atoms with Crippen molar-refractivity contribution >= 4 is 17.0 Å². The van der Waals surface area contributed by atoms with E-state index in [1.165, 1.54) is 19.3 Å². The number of aryl methyl sites for hydroxylation is 1. The molecule has 0 unspecified atom stereocenters. The fourth-order valence-corrected chi connectivity index (χ4v) is 3.70. The third kappa shape index (κ3) is 3.39. The van der Waals surface area contributed by atoms with Crippen LogP contribution >= 0.6 is 0 Å². The highest BCUT2D eigenvalue weighted by Crippen LogP contribution is 2.33. The molecule has 1 saturated carbocycles. The minimum absolute atomic E-state index is 0.0587. The number of rotatable bonds is 4. The molecule has 0 radical (unpaired) electrons. The van der Waals surface area contributed by atoms with Crippen molar-refractivity contribution in [2.24, 2.45) is 0 Å². The minimum Gasteiger partial charge on any atom is -0.464 e. The number of furan rings is 1. The third-order valence-corrected chi connectivity index (χ3v) is 5.14. The van der Waals surface area contributed by atoms with Crippen molar-refractivity contribution < 1.29 is 13.6 Å². The quantitative estimate of drug-likeness (QED) is 0.659. The van der Waals surface area contributed by atoms with Crippen molar-refractivity contribution in [3.63, 3.8) is 0 Å². The van der Waals surface area contributed by atoms with E-state index in [2.05, 4.69) is 4.98 Å². The molecule has 2 aromatic heterocycles. The number of carbonyl (C=O) groups is 1. The van der Waals surface area contributed by atoms with Crippen molar-refractivity contribution in [3.8, 4) is 0 Å². The normalized spacial score (nSPS) is 15.5. The molecule has 0 aliphatic heterocycles. The number of amides is 1. The molecule has 3 aromatic rings. The van der Waals surface area contributed by atoms with Gasteiger partial charge in [-0.15, -0.1) is 0 Å². The summed E-state index contributed by atoms with van der Waals surface area (Å²) in [5.41, 5.74) is 2.12. The third-order valence-electron chi connectivity index (χ3n) is 5.14. The average Bonchev–Trinajstić information content (AvgIpc) is 3.27. The van der Waals surface area contributed by atoms with Crippen LogP contribution in [0.25, 0.3) is 11.1 Å². The topological polar surface area (TPSA) is 59.5 Å². The number of fused-ring (bicyclic) bond motifs is 1. The first-order chi connectivity index (χ1) is 12.6. The fraction of sp³-hybridized carbons (Fsp3) is 0.429. The Labute approximate surface area is 153 Å². The van der Waals surface area contributed by atoms with Crippen molar-refractivity contribution in [3.05, 3.63) is 53.3 Å². The summed E-state index contributed by atoms with van der Waals surface area (Å²) in [4.78, 5) is 19.0. The van der Waals surface area contributed by atoms with Gasteiger partial charge in [-0.2, -0.15) is 0 Å². The molecular formula is C21H24N2O3. The Bertz CT molecular complexity index is 918. The van der Waals surface area contributed by atoms with Crippen LogP contribution in [0.5, 0.6) is 0 Å². The van der Waals surface area contributed by atoms with E-state index >= 15 is 0 Å². The summed E-state index contributed by atoms with van der Waals surface area (Å²) in [6.45, 7) is 2.33. The summed E-state index contributed by atoms with van der Waals surface area (Å²) < 4.78 is 11.6. The van der Waals surface area contributed by atoms with Gasteiger partial charge in [0.25, 0.3) is 5.91 Å². The molecule has 1 amide bonds. The zero-order chi connectivity index (χ0) is 18.1. The van der Waals surface area contributed by atoms with E-state index in [-0.39, 0.29) is 5.91 Å². The van der Waals surface area contributed by atoms with Crippen LogP contribution in [0, 0.1) is 6.92 Å². The maximum Gasteiger partial charge on any atom is 0.254 e. The highest BCUT2D eigenvalue weighted by Gasteiger charge is 2.22. The van der Waals surface area contributed by atoms with E-state index < -0.39 is 0 Å². The maximum absolute atomic E-state index is 12.7. The van der Waals surface area contributed by atoms with Gasteiger partial charge < -0.3 is 13.7 Å². The molecule has 2 heterocycles. The van der Waals surface area contributed by atoms with E-state index in [1.54, 1.807) is 18.0 Å². The zero-order valence-electron chi connectivity index (χ0n) is 15.3. The lowest BCUT2D eigenvalue weighted by Crippen LogP contribution is -2.25. The number of hydrogen-bond donors (Lipinski definition) is 0. The number of carbonyl (C=O) groups excluding carboxylic acids is 1. The number of oxazole rings is 1. The number of hydrogen-bond acceptors (Lipinski definition) is 4. The molecule has 0 atom stereocenters. The lowest BCUT2D eigenvalue weighted by molar-refractivity contribution is 0.0775. The van der Waals surface area contributed by atoms with Crippen LogP contribution < -0.4 is 0 Å². The van der Waals surface area contributed by atoms with Gasteiger partial charge in [-0.25, -0.2) is 4.98 Å². The second kappa shape index (κ2) is 6.98. The molecule has 0 saturated heterocycles.